The first-order chi connectivity index (χ1) is 15.4. The number of ether oxygens (including phenoxy) is 1. The molecule has 0 unspecified atom stereocenters. The number of nitrogens with two attached hydrogens (primary N) is 2. The van der Waals surface area contributed by atoms with E-state index in [0.717, 1.165) is 17.5 Å². The SMILES string of the molecule is CC1(C)CC(=O)c2c(C(F)(F)F)nn(-c3ccc(C(N)=O)c(OC4CCC(N)CC4)c3)c2C1. The van der Waals surface area contributed by atoms with Crippen molar-refractivity contribution in [1.82, 2.24) is 9.78 Å². The topological polar surface area (TPSA) is 113 Å². The van der Waals surface area contributed by atoms with E-state index in [1.807, 2.05) is 13.8 Å². The van der Waals surface area contributed by atoms with Crippen LogP contribution in [-0.2, 0) is 12.6 Å². The predicted molar refractivity (Wildman–Crippen MR) is 114 cm³/mol. The Kier molecular flexibility index (Phi) is 5.76. The maximum Gasteiger partial charge on any atom is 0.435 e. The molecule has 1 amide bonds. The van der Waals surface area contributed by atoms with Crippen molar-refractivity contribution in [1.29, 1.82) is 0 Å². The van der Waals surface area contributed by atoms with Crippen molar-refractivity contribution in [3.05, 3.63) is 40.7 Å². The van der Waals surface area contributed by atoms with Gasteiger partial charge in [0.2, 0.25) is 0 Å². The standard InChI is InChI=1S/C23H27F3N4O3/c1-22(2)10-16-19(17(31)11-22)20(23(24,25)26)29-30(16)13-5-8-15(21(28)32)18(9-13)33-14-6-3-12(27)4-7-14/h5,8-9,12,14H,3-4,6-7,10-11,27H2,1-2H3,(H2,28,32). The fraction of sp³-hybridized carbons (Fsp3) is 0.522. The lowest BCUT2D eigenvalue weighted by Gasteiger charge is -2.29. The van der Waals surface area contributed by atoms with Crippen molar-refractivity contribution in [3.8, 4) is 11.4 Å². The number of nitrogens with zero attached hydrogens (tertiary/aromatic N) is 2. The van der Waals surface area contributed by atoms with Crippen LogP contribution in [0.4, 0.5) is 13.2 Å². The van der Waals surface area contributed by atoms with Gasteiger partial charge < -0.3 is 16.2 Å². The first kappa shape index (κ1) is 23.3. The van der Waals surface area contributed by atoms with E-state index in [4.69, 9.17) is 16.2 Å². The molecule has 0 saturated heterocycles. The molecule has 4 rings (SSSR count). The summed E-state index contributed by atoms with van der Waals surface area (Å²) in [6, 6.07) is 4.44. The third-order valence-electron chi connectivity index (χ3n) is 6.30. The summed E-state index contributed by atoms with van der Waals surface area (Å²) in [5.41, 5.74) is 9.94. The van der Waals surface area contributed by atoms with Gasteiger partial charge in [-0.3, -0.25) is 9.59 Å². The Bertz CT molecular complexity index is 1100. The quantitative estimate of drug-likeness (QED) is 0.715. The Morgan fingerprint density at radius 3 is 2.45 bits per heavy atom. The van der Waals surface area contributed by atoms with Crippen LogP contribution in [0.5, 0.6) is 5.75 Å². The summed E-state index contributed by atoms with van der Waals surface area (Å²) in [6.45, 7) is 3.66. The smallest absolute Gasteiger partial charge is 0.435 e. The number of alkyl halides is 3. The average molecular weight is 464 g/mol. The number of fused-ring (bicyclic) bond motifs is 1. The van der Waals surface area contributed by atoms with Gasteiger partial charge in [0.1, 0.15) is 5.75 Å². The first-order valence-corrected chi connectivity index (χ1v) is 10.9. The zero-order chi connectivity index (χ0) is 24.1. The van der Waals surface area contributed by atoms with Gasteiger partial charge >= 0.3 is 6.18 Å². The molecule has 0 radical (unpaired) electrons. The molecular weight excluding hydrogens is 437 g/mol. The highest BCUT2D eigenvalue weighted by Crippen LogP contribution is 2.42. The third kappa shape index (κ3) is 4.62. The number of primary amides is 1. The van der Waals surface area contributed by atoms with Crippen molar-refractivity contribution in [3.63, 3.8) is 0 Å². The van der Waals surface area contributed by atoms with Crippen molar-refractivity contribution in [2.45, 2.75) is 70.7 Å². The second-order valence-corrected chi connectivity index (χ2v) is 9.72. The number of rotatable bonds is 4. The number of benzene rings is 1. The van der Waals surface area contributed by atoms with Crippen LogP contribution >= 0.6 is 0 Å². The minimum atomic E-state index is -4.78. The Balaban J connectivity index is 1.81. The van der Waals surface area contributed by atoms with Crippen LogP contribution in [-0.4, -0.2) is 33.6 Å². The van der Waals surface area contributed by atoms with E-state index in [9.17, 15) is 22.8 Å². The second kappa shape index (κ2) is 8.16. The summed E-state index contributed by atoms with van der Waals surface area (Å²) in [5.74, 6) is -1.11. The molecule has 1 fully saturated rings. The molecule has 1 heterocycles. The van der Waals surface area contributed by atoms with E-state index in [2.05, 4.69) is 5.10 Å². The van der Waals surface area contributed by atoms with Gasteiger partial charge in [-0.25, -0.2) is 4.68 Å². The minimum absolute atomic E-state index is 0.00750. The number of hydrogen-bond donors (Lipinski definition) is 2. The fourth-order valence-corrected chi connectivity index (χ4v) is 4.69. The minimum Gasteiger partial charge on any atom is -0.490 e. The van der Waals surface area contributed by atoms with Crippen LogP contribution in [0.25, 0.3) is 5.69 Å². The van der Waals surface area contributed by atoms with Crippen molar-refractivity contribution in [2.24, 2.45) is 16.9 Å². The highest BCUT2D eigenvalue weighted by Gasteiger charge is 2.45. The van der Waals surface area contributed by atoms with Crippen molar-refractivity contribution in [2.75, 3.05) is 0 Å². The Hall–Kier alpha value is -2.88. The third-order valence-corrected chi connectivity index (χ3v) is 6.30. The number of aromatic nitrogens is 2. The van der Waals surface area contributed by atoms with Gasteiger partial charge in [-0.2, -0.15) is 18.3 Å². The zero-order valence-corrected chi connectivity index (χ0v) is 18.5. The van der Waals surface area contributed by atoms with Gasteiger partial charge in [-0.1, -0.05) is 13.8 Å². The van der Waals surface area contributed by atoms with Crippen LogP contribution in [0.15, 0.2) is 18.2 Å². The molecule has 10 heteroatoms. The molecule has 33 heavy (non-hydrogen) atoms. The number of hydrogen-bond acceptors (Lipinski definition) is 5. The summed E-state index contributed by atoms with van der Waals surface area (Å²) >= 11 is 0. The normalized spacial score (nSPS) is 22.7. The monoisotopic (exact) mass is 464 g/mol. The molecule has 0 atom stereocenters. The Labute approximate surface area is 189 Å². The molecular formula is C23H27F3N4O3. The Morgan fingerprint density at radius 1 is 1.18 bits per heavy atom. The molecule has 1 aromatic carbocycles. The highest BCUT2D eigenvalue weighted by atomic mass is 19.4. The van der Waals surface area contributed by atoms with Crippen LogP contribution in [0.2, 0.25) is 0 Å². The number of carbonyl (C=O) groups is 2. The Morgan fingerprint density at radius 2 is 1.85 bits per heavy atom. The average Bonchev–Trinajstić information content (AvgIpc) is 3.08. The largest absolute Gasteiger partial charge is 0.490 e. The maximum absolute atomic E-state index is 13.7. The lowest BCUT2D eigenvalue weighted by atomic mass is 9.75. The van der Waals surface area contributed by atoms with E-state index >= 15 is 0 Å². The molecule has 1 saturated carbocycles. The van der Waals surface area contributed by atoms with E-state index in [1.165, 1.54) is 18.2 Å². The summed E-state index contributed by atoms with van der Waals surface area (Å²) in [6.07, 6.45) is -1.78. The van der Waals surface area contributed by atoms with Gasteiger partial charge in [-0.15, -0.1) is 0 Å². The summed E-state index contributed by atoms with van der Waals surface area (Å²) < 4.78 is 48.4. The van der Waals surface area contributed by atoms with Crippen LogP contribution < -0.4 is 16.2 Å². The molecule has 0 aliphatic heterocycles. The van der Waals surface area contributed by atoms with Gasteiger partial charge in [0, 0.05) is 18.5 Å². The number of halogens is 3. The van der Waals surface area contributed by atoms with E-state index in [-0.39, 0.29) is 53.2 Å². The lowest BCUT2D eigenvalue weighted by molar-refractivity contribution is -0.141. The second-order valence-electron chi connectivity index (χ2n) is 9.72. The summed E-state index contributed by atoms with van der Waals surface area (Å²) in [4.78, 5) is 24.6. The molecule has 4 N–H and O–H groups in total. The number of ketones is 1. The van der Waals surface area contributed by atoms with Crippen molar-refractivity contribution < 1.29 is 27.5 Å². The molecule has 2 aliphatic carbocycles. The van der Waals surface area contributed by atoms with E-state index < -0.39 is 29.0 Å². The first-order valence-electron chi connectivity index (χ1n) is 10.9. The molecule has 7 nitrogen and oxygen atoms in total. The van der Waals surface area contributed by atoms with Gasteiger partial charge in [0.25, 0.3) is 5.91 Å². The lowest BCUT2D eigenvalue weighted by Crippen LogP contribution is -2.32. The zero-order valence-electron chi connectivity index (χ0n) is 18.5. The van der Waals surface area contributed by atoms with Gasteiger partial charge in [0.15, 0.2) is 11.5 Å². The predicted octanol–water partition coefficient (Wildman–Crippen LogP) is 3.79. The van der Waals surface area contributed by atoms with E-state index in [0.29, 0.717) is 12.8 Å². The number of carbonyl (C=O) groups excluding carboxylic acids is 2. The molecule has 2 aliphatic rings. The maximum atomic E-state index is 13.7. The molecule has 178 valence electrons. The van der Waals surface area contributed by atoms with Crippen molar-refractivity contribution >= 4 is 11.7 Å². The fourth-order valence-electron chi connectivity index (χ4n) is 4.69. The van der Waals surface area contributed by atoms with Crippen LogP contribution in [0, 0.1) is 5.41 Å². The molecule has 0 bridgehead atoms. The highest BCUT2D eigenvalue weighted by molar-refractivity contribution is 6.00. The van der Waals surface area contributed by atoms with Gasteiger partial charge in [-0.05, 0) is 49.7 Å². The number of Topliss-reactive ketones (excluding diaryl/α,β-unsaturated/α-hetero) is 1. The van der Waals surface area contributed by atoms with Crippen LogP contribution in [0.3, 0.4) is 0 Å². The molecule has 1 aromatic heterocycles. The summed E-state index contributed by atoms with van der Waals surface area (Å²) in [5, 5.41) is 3.80. The number of amides is 1. The summed E-state index contributed by atoms with van der Waals surface area (Å²) in [7, 11) is 0. The van der Waals surface area contributed by atoms with E-state index in [1.54, 1.807) is 0 Å². The molecule has 0 spiro atoms. The van der Waals surface area contributed by atoms with Crippen LogP contribution in [0.1, 0.15) is 78.1 Å². The van der Waals surface area contributed by atoms with Gasteiger partial charge in [0.05, 0.1) is 28.6 Å². The molecule has 2 aromatic rings.